The van der Waals surface area contributed by atoms with Crippen LogP contribution < -0.4 is 10.5 Å². The smallest absolute Gasteiger partial charge is 0.238 e. The van der Waals surface area contributed by atoms with E-state index in [1.807, 2.05) is 0 Å². The van der Waals surface area contributed by atoms with E-state index in [-0.39, 0.29) is 10.8 Å². The van der Waals surface area contributed by atoms with Crippen LogP contribution in [0.15, 0.2) is 27.6 Å². The second kappa shape index (κ2) is 6.89. The van der Waals surface area contributed by atoms with Crippen LogP contribution in [0.2, 0.25) is 0 Å². The van der Waals surface area contributed by atoms with Crippen LogP contribution in [-0.2, 0) is 14.8 Å². The van der Waals surface area contributed by atoms with Gasteiger partial charge < -0.3 is 5.32 Å². The Kier molecular flexibility index (Phi) is 5.40. The van der Waals surface area contributed by atoms with Crippen molar-refractivity contribution in [1.82, 2.24) is 0 Å². The number of benzene rings is 1. The molecule has 1 aliphatic rings. The number of carbonyl (C=O) groups excluding carboxylic acids is 1. The van der Waals surface area contributed by atoms with Gasteiger partial charge in [0.05, 0.1) is 10.6 Å². The van der Waals surface area contributed by atoms with Crippen molar-refractivity contribution in [2.45, 2.75) is 43.4 Å². The van der Waals surface area contributed by atoms with Gasteiger partial charge in [-0.2, -0.15) is 0 Å². The number of hydrogen-bond donors (Lipinski definition) is 2. The van der Waals surface area contributed by atoms with Gasteiger partial charge >= 0.3 is 0 Å². The zero-order chi connectivity index (χ0) is 15.5. The maximum Gasteiger partial charge on any atom is 0.238 e. The SMILES string of the molecule is NS(=O)(=O)c1ccc(NC(=O)CCC2CCCC2)c(Br)c1. The molecule has 1 aromatic rings. The Morgan fingerprint density at radius 3 is 2.57 bits per heavy atom. The third-order valence-electron chi connectivity index (χ3n) is 3.80. The van der Waals surface area contributed by atoms with Crippen LogP contribution in [-0.4, -0.2) is 14.3 Å². The minimum Gasteiger partial charge on any atom is -0.325 e. The van der Waals surface area contributed by atoms with Crippen molar-refractivity contribution >= 4 is 37.5 Å². The molecule has 0 aliphatic heterocycles. The van der Waals surface area contributed by atoms with Crippen molar-refractivity contribution in [1.29, 1.82) is 0 Å². The van der Waals surface area contributed by atoms with Gasteiger partial charge in [0.15, 0.2) is 0 Å². The van der Waals surface area contributed by atoms with Crippen LogP contribution in [0, 0.1) is 5.92 Å². The zero-order valence-corrected chi connectivity index (χ0v) is 14.0. The number of sulfonamides is 1. The fourth-order valence-corrected chi connectivity index (χ4v) is 3.79. The van der Waals surface area contributed by atoms with E-state index >= 15 is 0 Å². The van der Waals surface area contributed by atoms with E-state index < -0.39 is 10.0 Å². The number of carbonyl (C=O) groups is 1. The fraction of sp³-hybridized carbons (Fsp3) is 0.500. The number of rotatable bonds is 5. The predicted octanol–water partition coefficient (Wildman–Crippen LogP) is 3.01. The van der Waals surface area contributed by atoms with Crippen molar-refractivity contribution in [3.63, 3.8) is 0 Å². The van der Waals surface area contributed by atoms with Gasteiger partial charge in [0, 0.05) is 10.9 Å². The first kappa shape index (κ1) is 16.5. The third-order valence-corrected chi connectivity index (χ3v) is 5.36. The molecule has 0 bridgehead atoms. The number of hydrogen-bond acceptors (Lipinski definition) is 3. The average molecular weight is 375 g/mol. The molecule has 116 valence electrons. The lowest BCUT2D eigenvalue weighted by atomic mass is 10.0. The maximum absolute atomic E-state index is 11.9. The molecule has 21 heavy (non-hydrogen) atoms. The first-order chi connectivity index (χ1) is 9.86. The molecule has 0 saturated heterocycles. The summed E-state index contributed by atoms with van der Waals surface area (Å²) < 4.78 is 23.0. The first-order valence-electron chi connectivity index (χ1n) is 6.98. The molecule has 5 nitrogen and oxygen atoms in total. The summed E-state index contributed by atoms with van der Waals surface area (Å²) in [4.78, 5) is 11.9. The number of anilines is 1. The topological polar surface area (TPSA) is 89.3 Å². The van der Waals surface area contributed by atoms with Crippen molar-refractivity contribution < 1.29 is 13.2 Å². The van der Waals surface area contributed by atoms with Gasteiger partial charge in [-0.25, -0.2) is 13.6 Å². The van der Waals surface area contributed by atoms with E-state index in [0.717, 1.165) is 6.42 Å². The van der Waals surface area contributed by atoms with Gasteiger partial charge in [-0.05, 0) is 46.5 Å². The fourth-order valence-electron chi connectivity index (χ4n) is 2.62. The summed E-state index contributed by atoms with van der Waals surface area (Å²) in [5.74, 6) is 0.620. The lowest BCUT2D eigenvalue weighted by molar-refractivity contribution is -0.116. The predicted molar refractivity (Wildman–Crippen MR) is 85.3 cm³/mol. The highest BCUT2D eigenvalue weighted by Gasteiger charge is 2.17. The molecule has 0 aromatic heterocycles. The molecule has 7 heteroatoms. The number of nitrogens with one attached hydrogen (secondary N) is 1. The Hall–Kier alpha value is -0.920. The Morgan fingerprint density at radius 1 is 1.33 bits per heavy atom. The van der Waals surface area contributed by atoms with Gasteiger partial charge in [0.2, 0.25) is 15.9 Å². The van der Waals surface area contributed by atoms with E-state index in [2.05, 4.69) is 21.2 Å². The monoisotopic (exact) mass is 374 g/mol. The van der Waals surface area contributed by atoms with Gasteiger partial charge in [-0.1, -0.05) is 25.7 Å². The maximum atomic E-state index is 11.9. The first-order valence-corrected chi connectivity index (χ1v) is 9.32. The molecule has 1 aliphatic carbocycles. The normalized spacial score (nSPS) is 16.1. The van der Waals surface area contributed by atoms with E-state index in [4.69, 9.17) is 5.14 Å². The Balaban J connectivity index is 1.94. The molecule has 1 aromatic carbocycles. The molecule has 0 atom stereocenters. The van der Waals surface area contributed by atoms with Crippen LogP contribution in [0.1, 0.15) is 38.5 Å². The Labute approximate surface area is 133 Å². The van der Waals surface area contributed by atoms with Crippen LogP contribution in [0.4, 0.5) is 5.69 Å². The summed E-state index contributed by atoms with van der Waals surface area (Å²) in [5.41, 5.74) is 0.554. The molecule has 0 heterocycles. The minimum atomic E-state index is -3.73. The number of primary sulfonamides is 1. The quantitative estimate of drug-likeness (QED) is 0.829. The number of nitrogens with two attached hydrogens (primary N) is 1. The van der Waals surface area contributed by atoms with E-state index in [1.54, 1.807) is 0 Å². The third kappa shape index (κ3) is 4.79. The summed E-state index contributed by atoms with van der Waals surface area (Å²) in [6.07, 6.45) is 6.40. The summed E-state index contributed by atoms with van der Waals surface area (Å²) >= 11 is 3.25. The van der Waals surface area contributed by atoms with Gasteiger partial charge in [0.25, 0.3) is 0 Å². The molecule has 1 amide bonds. The molecular formula is C14H19BrN2O3S. The summed E-state index contributed by atoms with van der Waals surface area (Å²) in [6, 6.07) is 4.31. The van der Waals surface area contributed by atoms with Gasteiger partial charge in [0.1, 0.15) is 0 Å². The molecule has 0 unspecified atom stereocenters. The van der Waals surface area contributed by atoms with Crippen molar-refractivity contribution in [2.24, 2.45) is 11.1 Å². The van der Waals surface area contributed by atoms with E-state index in [1.165, 1.54) is 43.9 Å². The van der Waals surface area contributed by atoms with Crippen LogP contribution in [0.25, 0.3) is 0 Å². The average Bonchev–Trinajstić information content (AvgIpc) is 2.91. The molecular weight excluding hydrogens is 356 g/mol. The summed E-state index contributed by atoms with van der Waals surface area (Å²) in [5, 5.41) is 7.85. The second-order valence-electron chi connectivity index (χ2n) is 5.42. The molecule has 0 radical (unpaired) electrons. The van der Waals surface area contributed by atoms with Crippen molar-refractivity contribution in [3.05, 3.63) is 22.7 Å². The number of halogens is 1. The molecule has 1 saturated carbocycles. The van der Waals surface area contributed by atoms with Crippen LogP contribution in [0.5, 0.6) is 0 Å². The zero-order valence-electron chi connectivity index (χ0n) is 11.6. The largest absolute Gasteiger partial charge is 0.325 e. The summed E-state index contributed by atoms with van der Waals surface area (Å²) in [7, 11) is -3.73. The standard InChI is InChI=1S/C14H19BrN2O3S/c15-12-9-11(21(16,19)20)6-7-13(12)17-14(18)8-5-10-3-1-2-4-10/h6-7,9-10H,1-5,8H2,(H,17,18)(H2,16,19,20). The van der Waals surface area contributed by atoms with Crippen LogP contribution in [0.3, 0.4) is 0 Å². The van der Waals surface area contributed by atoms with Gasteiger partial charge in [-0.3, -0.25) is 4.79 Å². The van der Waals surface area contributed by atoms with Crippen molar-refractivity contribution in [2.75, 3.05) is 5.32 Å². The highest BCUT2D eigenvalue weighted by molar-refractivity contribution is 9.10. The Bertz CT molecular complexity index is 625. The molecule has 3 N–H and O–H groups in total. The second-order valence-corrected chi connectivity index (χ2v) is 7.84. The minimum absolute atomic E-state index is 0.0123. The van der Waals surface area contributed by atoms with E-state index in [0.29, 0.717) is 22.5 Å². The highest BCUT2D eigenvalue weighted by Crippen LogP contribution is 2.29. The Morgan fingerprint density at radius 2 is 2.00 bits per heavy atom. The number of amides is 1. The lowest BCUT2D eigenvalue weighted by Crippen LogP contribution is -2.15. The van der Waals surface area contributed by atoms with Crippen molar-refractivity contribution in [3.8, 4) is 0 Å². The van der Waals surface area contributed by atoms with E-state index in [9.17, 15) is 13.2 Å². The lowest BCUT2D eigenvalue weighted by Gasteiger charge is -2.11. The van der Waals surface area contributed by atoms with Crippen LogP contribution >= 0.6 is 15.9 Å². The molecule has 0 spiro atoms. The highest BCUT2D eigenvalue weighted by atomic mass is 79.9. The summed E-state index contributed by atoms with van der Waals surface area (Å²) in [6.45, 7) is 0. The molecule has 2 rings (SSSR count). The van der Waals surface area contributed by atoms with Gasteiger partial charge in [-0.15, -0.1) is 0 Å². The molecule has 1 fully saturated rings.